The van der Waals surface area contributed by atoms with Gasteiger partial charge in [0.25, 0.3) is 0 Å². The van der Waals surface area contributed by atoms with Crippen LogP contribution in [0.25, 0.3) is 0 Å². The van der Waals surface area contributed by atoms with Gasteiger partial charge in [0.15, 0.2) is 0 Å². The summed E-state index contributed by atoms with van der Waals surface area (Å²) >= 11 is -2.01. The first kappa shape index (κ1) is 18.5. The molecule has 0 aliphatic heterocycles. The summed E-state index contributed by atoms with van der Waals surface area (Å²) in [6.45, 7) is 7.04. The quantitative estimate of drug-likeness (QED) is 0.399. The average molecular weight is 387 g/mol. The Morgan fingerprint density at radius 1 is 0.850 bits per heavy atom. The van der Waals surface area contributed by atoms with Gasteiger partial charge in [-0.3, -0.25) is 0 Å². The Labute approximate surface area is 131 Å². The minimum absolute atomic E-state index is 0.544. The van der Waals surface area contributed by atoms with Crippen LogP contribution in [0.5, 0.6) is 0 Å². The summed E-state index contributed by atoms with van der Waals surface area (Å²) in [5.74, 6) is 0.544. The van der Waals surface area contributed by atoms with Crippen molar-refractivity contribution in [3.8, 4) is 0 Å². The second-order valence-electron chi connectivity index (χ2n) is 6.99. The summed E-state index contributed by atoms with van der Waals surface area (Å²) < 4.78 is 5.88. The number of unbranched alkanes of at least 4 members (excludes halogenated alkanes) is 3. The Morgan fingerprint density at radius 2 is 1.25 bits per heavy atom. The molecular formula is C18H36OSn. The number of hydrogen-bond donors (Lipinski definition) is 0. The third-order valence-electron chi connectivity index (χ3n) is 5.49. The molecule has 0 bridgehead atoms. The predicted octanol–water partition coefficient (Wildman–Crippen LogP) is 6.35. The van der Waals surface area contributed by atoms with Crippen molar-refractivity contribution < 1.29 is 4.79 Å². The number of carbonyl (C=O) groups is 1. The van der Waals surface area contributed by atoms with Crippen molar-refractivity contribution in [2.45, 2.75) is 102 Å². The molecule has 0 aromatic carbocycles. The summed E-state index contributed by atoms with van der Waals surface area (Å²) in [6, 6.07) is 0. The van der Waals surface area contributed by atoms with Gasteiger partial charge in [-0.05, 0) is 0 Å². The molecule has 118 valence electrons. The monoisotopic (exact) mass is 388 g/mol. The van der Waals surface area contributed by atoms with Crippen molar-refractivity contribution >= 4 is 24.2 Å². The first-order chi connectivity index (χ1) is 9.68. The summed E-state index contributed by atoms with van der Waals surface area (Å²) in [6.07, 6.45) is 12.9. The molecule has 1 aliphatic rings. The fraction of sp³-hybridized carbons (Fsp3) is 0.944. The van der Waals surface area contributed by atoms with Crippen LogP contribution in [0.4, 0.5) is 0 Å². The van der Waals surface area contributed by atoms with Gasteiger partial charge in [-0.15, -0.1) is 0 Å². The van der Waals surface area contributed by atoms with Crippen LogP contribution < -0.4 is 0 Å². The summed E-state index contributed by atoms with van der Waals surface area (Å²) in [5.41, 5.74) is 0. The number of Topliss-reactive ketones (excluding diaryl/α,β-unsaturated/α-hetero) is 1. The molecule has 1 fully saturated rings. The molecule has 0 radical (unpaired) electrons. The normalized spacial score (nSPS) is 17.6. The van der Waals surface area contributed by atoms with Crippen LogP contribution in [-0.4, -0.2) is 24.2 Å². The van der Waals surface area contributed by atoms with E-state index in [1.165, 1.54) is 51.4 Å². The Morgan fingerprint density at radius 3 is 1.60 bits per heavy atom. The number of hydrogen-bond acceptors (Lipinski definition) is 1. The van der Waals surface area contributed by atoms with Crippen LogP contribution in [0.2, 0.25) is 17.2 Å². The molecule has 20 heavy (non-hydrogen) atoms. The van der Waals surface area contributed by atoms with E-state index in [4.69, 9.17) is 0 Å². The summed E-state index contributed by atoms with van der Waals surface area (Å²) in [5, 5.41) is 0. The zero-order valence-electron chi connectivity index (χ0n) is 14.2. The molecule has 1 saturated carbocycles. The van der Waals surface area contributed by atoms with Crippen LogP contribution >= 0.6 is 0 Å². The third kappa shape index (κ3) is 5.69. The van der Waals surface area contributed by atoms with Crippen LogP contribution in [0.1, 0.15) is 85.0 Å². The van der Waals surface area contributed by atoms with Crippen LogP contribution in [-0.2, 0) is 4.79 Å². The van der Waals surface area contributed by atoms with Crippen molar-refractivity contribution in [3.05, 3.63) is 0 Å². The molecule has 0 N–H and O–H groups in total. The van der Waals surface area contributed by atoms with Crippen molar-refractivity contribution in [3.63, 3.8) is 0 Å². The van der Waals surface area contributed by atoms with Crippen molar-refractivity contribution in [1.29, 1.82) is 0 Å². The van der Waals surface area contributed by atoms with Gasteiger partial charge in [0.1, 0.15) is 0 Å². The van der Waals surface area contributed by atoms with E-state index >= 15 is 0 Å². The van der Waals surface area contributed by atoms with Gasteiger partial charge in [-0.2, -0.15) is 0 Å². The Kier molecular flexibility index (Phi) is 9.48. The SMILES string of the molecule is CCC[CH2][Sn]([CH2]CCC)([CH2]CCC)[CH]1CCC(=O)CC1. The van der Waals surface area contributed by atoms with Gasteiger partial charge >= 0.3 is 131 Å². The first-order valence-corrected chi connectivity index (χ1v) is 16.9. The topological polar surface area (TPSA) is 17.1 Å². The molecule has 0 unspecified atom stereocenters. The number of carbonyl (C=O) groups excluding carboxylic acids is 1. The molecular weight excluding hydrogens is 351 g/mol. The summed E-state index contributed by atoms with van der Waals surface area (Å²) in [7, 11) is 0. The van der Waals surface area contributed by atoms with Crippen LogP contribution in [0.15, 0.2) is 0 Å². The second-order valence-corrected chi connectivity index (χ2v) is 21.4. The molecule has 2 heteroatoms. The molecule has 0 heterocycles. The minimum atomic E-state index is -2.01. The van der Waals surface area contributed by atoms with E-state index < -0.39 is 18.4 Å². The number of ketones is 1. The first-order valence-electron chi connectivity index (χ1n) is 9.20. The molecule has 0 spiro atoms. The predicted molar refractivity (Wildman–Crippen MR) is 92.1 cm³/mol. The van der Waals surface area contributed by atoms with Crippen LogP contribution in [0, 0.1) is 0 Å². The fourth-order valence-corrected chi connectivity index (χ4v) is 23.1. The number of rotatable bonds is 10. The standard InChI is InChI=1S/C6H9O.3C4H9.Sn/c7-6-4-2-1-3-5-6;3*1-3-4-2;/h1H,2-5H2;3*1,3-4H2,2H3;. The molecule has 1 rings (SSSR count). The van der Waals surface area contributed by atoms with Gasteiger partial charge in [0.05, 0.1) is 0 Å². The van der Waals surface area contributed by atoms with Gasteiger partial charge in [-0.25, -0.2) is 0 Å². The molecule has 0 saturated heterocycles. The van der Waals surface area contributed by atoms with E-state index in [1.54, 1.807) is 13.3 Å². The van der Waals surface area contributed by atoms with Gasteiger partial charge in [0, 0.05) is 0 Å². The molecule has 0 aromatic rings. The van der Waals surface area contributed by atoms with E-state index in [-0.39, 0.29) is 0 Å². The average Bonchev–Trinajstić information content (AvgIpc) is 2.48. The Bertz CT molecular complexity index is 243. The maximum atomic E-state index is 11.6. The Balaban J connectivity index is 2.77. The van der Waals surface area contributed by atoms with E-state index in [1.807, 2.05) is 0 Å². The van der Waals surface area contributed by atoms with Gasteiger partial charge in [-0.1, -0.05) is 0 Å². The van der Waals surface area contributed by atoms with Crippen LogP contribution in [0.3, 0.4) is 0 Å². The van der Waals surface area contributed by atoms with Crippen molar-refractivity contribution in [2.24, 2.45) is 0 Å². The molecule has 0 aromatic heterocycles. The van der Waals surface area contributed by atoms with Gasteiger partial charge in [0.2, 0.25) is 0 Å². The van der Waals surface area contributed by atoms with Crippen molar-refractivity contribution in [1.82, 2.24) is 0 Å². The zero-order valence-corrected chi connectivity index (χ0v) is 17.0. The van der Waals surface area contributed by atoms with E-state index in [2.05, 4.69) is 20.8 Å². The third-order valence-corrected chi connectivity index (χ3v) is 23.6. The molecule has 0 atom stereocenters. The molecule has 0 amide bonds. The van der Waals surface area contributed by atoms with E-state index in [9.17, 15) is 4.79 Å². The molecule has 1 nitrogen and oxygen atoms in total. The molecule has 1 aliphatic carbocycles. The zero-order chi connectivity index (χ0) is 14.8. The van der Waals surface area contributed by atoms with E-state index in [0.29, 0.717) is 5.78 Å². The maximum absolute atomic E-state index is 11.6. The Hall–Kier alpha value is 0.469. The fourth-order valence-electron chi connectivity index (χ4n) is 4.13. The second kappa shape index (κ2) is 10.2. The summed E-state index contributed by atoms with van der Waals surface area (Å²) in [4.78, 5) is 11.6. The van der Waals surface area contributed by atoms with E-state index in [0.717, 1.165) is 16.8 Å². The van der Waals surface area contributed by atoms with Gasteiger partial charge < -0.3 is 0 Å². The van der Waals surface area contributed by atoms with Crippen molar-refractivity contribution in [2.75, 3.05) is 0 Å².